The average molecular weight is 812 g/mol. The summed E-state index contributed by atoms with van der Waals surface area (Å²) < 4.78 is 24.7. The summed E-state index contributed by atoms with van der Waals surface area (Å²) >= 11 is -0.729. The van der Waals surface area contributed by atoms with Gasteiger partial charge in [0.1, 0.15) is 0 Å². The van der Waals surface area contributed by atoms with Crippen LogP contribution in [-0.2, 0) is 25.2 Å². The van der Waals surface area contributed by atoms with E-state index in [2.05, 4.69) is 13.8 Å². The summed E-state index contributed by atoms with van der Waals surface area (Å²) in [5.41, 5.74) is 0. The number of methoxy groups -OCH3 is 2. The first-order chi connectivity index (χ1) is 23.0. The molecule has 0 rings (SSSR count). The van der Waals surface area contributed by atoms with Gasteiger partial charge in [-0.05, 0) is 0 Å². The zero-order chi connectivity index (χ0) is 34.5. The molecule has 0 bridgehead atoms. The number of hydrogen-bond acceptors (Lipinski definition) is 8. The molecule has 0 aliphatic rings. The van der Waals surface area contributed by atoms with Crippen LogP contribution in [0.2, 0.25) is 8.87 Å². The fourth-order valence-corrected chi connectivity index (χ4v) is 17.2. The molecule has 0 saturated carbocycles. The second kappa shape index (κ2) is 37.6. The molecule has 0 aromatic carbocycles. The zero-order valence-corrected chi connectivity index (χ0v) is 35.9. The predicted molar refractivity (Wildman–Crippen MR) is 208 cm³/mol. The molecule has 0 aromatic heterocycles. The van der Waals surface area contributed by atoms with Crippen LogP contribution in [0.25, 0.3) is 0 Å². The maximum absolute atomic E-state index is 13.2. The van der Waals surface area contributed by atoms with Crippen LogP contribution in [0, 0.1) is 0 Å². The first-order valence-corrected chi connectivity index (χ1v) is 28.3. The van der Waals surface area contributed by atoms with Crippen LogP contribution in [0.4, 0.5) is 0 Å². The van der Waals surface area contributed by atoms with Crippen molar-refractivity contribution in [2.75, 3.05) is 50.4 Å². The molecule has 0 unspecified atom stereocenters. The monoisotopic (exact) mass is 812 g/mol. The molecular weight excluding hydrogens is 735 g/mol. The van der Waals surface area contributed by atoms with Crippen LogP contribution in [0.3, 0.4) is 0 Å². The molecule has 9 heteroatoms. The van der Waals surface area contributed by atoms with Gasteiger partial charge in [0.05, 0.1) is 0 Å². The normalized spacial score (nSPS) is 11.7. The molecule has 0 saturated heterocycles. The van der Waals surface area contributed by atoms with Gasteiger partial charge >= 0.3 is 307 Å². The summed E-state index contributed by atoms with van der Waals surface area (Å²) in [5.74, 6) is 2.17. The number of unbranched alkanes of at least 4 members (excludes halogenated alkanes) is 20. The second-order valence-electron chi connectivity index (χ2n) is 13.2. The van der Waals surface area contributed by atoms with E-state index in [0.717, 1.165) is 85.0 Å². The van der Waals surface area contributed by atoms with E-state index in [-0.39, 0.29) is 11.9 Å². The van der Waals surface area contributed by atoms with Gasteiger partial charge in [-0.25, -0.2) is 0 Å². The van der Waals surface area contributed by atoms with Crippen LogP contribution < -0.4 is 0 Å². The van der Waals surface area contributed by atoms with Crippen molar-refractivity contribution in [3.63, 3.8) is 0 Å². The molecule has 0 aromatic rings. The molecule has 0 atom stereocenters. The van der Waals surface area contributed by atoms with Crippen molar-refractivity contribution in [2.24, 2.45) is 0 Å². The minimum absolute atomic E-state index is 0.170. The molecule has 0 fully saturated rings. The van der Waals surface area contributed by atoms with Gasteiger partial charge in [0.15, 0.2) is 0 Å². The maximum atomic E-state index is 13.2. The molecule has 0 spiro atoms. The van der Waals surface area contributed by atoms with Crippen molar-refractivity contribution in [1.29, 1.82) is 0 Å². The van der Waals surface area contributed by atoms with Gasteiger partial charge in [0, 0.05) is 0 Å². The minimum atomic E-state index is -3.99. The number of ether oxygens (including phenoxy) is 2. The topological polar surface area (TPSA) is 71.1 Å². The SMILES string of the molecule is CCCCCCCCCCC[CH2][Sn]([CH2]CCCCCCCCCCC)([O]C(=O)CSCCCCOC)[O]C(=O)CSCCCCOC. The van der Waals surface area contributed by atoms with Crippen LogP contribution in [0.5, 0.6) is 0 Å². The molecule has 6 nitrogen and oxygen atoms in total. The van der Waals surface area contributed by atoms with Crippen molar-refractivity contribution in [2.45, 2.75) is 177 Å². The molecule has 0 heterocycles. The van der Waals surface area contributed by atoms with Crippen molar-refractivity contribution in [3.8, 4) is 0 Å². The van der Waals surface area contributed by atoms with E-state index < -0.39 is 19.2 Å². The van der Waals surface area contributed by atoms with Crippen LogP contribution in [0.1, 0.15) is 168 Å². The van der Waals surface area contributed by atoms with E-state index in [9.17, 15) is 9.59 Å². The Morgan fingerprint density at radius 3 is 1.09 bits per heavy atom. The van der Waals surface area contributed by atoms with Gasteiger partial charge in [-0.2, -0.15) is 0 Å². The van der Waals surface area contributed by atoms with E-state index in [1.165, 1.54) is 103 Å². The molecule has 47 heavy (non-hydrogen) atoms. The van der Waals surface area contributed by atoms with Crippen LogP contribution in [-0.4, -0.2) is 81.6 Å². The Morgan fingerprint density at radius 2 is 0.766 bits per heavy atom. The van der Waals surface area contributed by atoms with Crippen molar-refractivity contribution >= 4 is 54.7 Å². The summed E-state index contributed by atoms with van der Waals surface area (Å²) in [6.07, 6.45) is 29.3. The van der Waals surface area contributed by atoms with E-state index in [4.69, 9.17) is 15.6 Å². The Labute approximate surface area is 305 Å². The Balaban J connectivity index is 5.17. The third kappa shape index (κ3) is 33.3. The molecule has 0 aliphatic heterocycles. The molecule has 0 amide bonds. The van der Waals surface area contributed by atoms with Crippen molar-refractivity contribution in [3.05, 3.63) is 0 Å². The van der Waals surface area contributed by atoms with Gasteiger partial charge in [-0.1, -0.05) is 0 Å². The number of hydrogen-bond donors (Lipinski definition) is 0. The standard InChI is InChI=1S/2C12H25.2C7H14O3S.Sn/c2*1-3-5-7-9-11-12-10-8-6-4-2;2*1-10-4-2-3-5-11-6-7(8)9;/h2*1,3-12H2,2H3;2*2-6H2,1H3,(H,8,9);/q;;;;+2/p-2. The molecular formula is C38H76O6S2Sn. The molecule has 0 aliphatic carbocycles. The zero-order valence-electron chi connectivity index (χ0n) is 31.4. The quantitative estimate of drug-likeness (QED) is 0.0451. The Hall–Kier alpha value is 0.359. The van der Waals surface area contributed by atoms with Gasteiger partial charge in [0.25, 0.3) is 0 Å². The molecule has 280 valence electrons. The van der Waals surface area contributed by atoms with Gasteiger partial charge in [-0.3, -0.25) is 0 Å². The number of carbonyl (C=O) groups is 2. The summed E-state index contributed by atoms with van der Waals surface area (Å²) in [6, 6.07) is 0. The summed E-state index contributed by atoms with van der Waals surface area (Å²) in [6.45, 7) is 6.04. The van der Waals surface area contributed by atoms with Gasteiger partial charge in [-0.15, -0.1) is 0 Å². The Bertz CT molecular complexity index is 629. The summed E-state index contributed by atoms with van der Waals surface area (Å²) in [4.78, 5) is 26.5. The Morgan fingerprint density at radius 1 is 0.447 bits per heavy atom. The first-order valence-electron chi connectivity index (χ1n) is 19.6. The number of carbonyl (C=O) groups excluding carboxylic acids is 2. The number of rotatable bonds is 38. The van der Waals surface area contributed by atoms with Crippen LogP contribution >= 0.6 is 23.5 Å². The third-order valence-corrected chi connectivity index (χ3v) is 20.5. The third-order valence-electron chi connectivity index (χ3n) is 8.64. The molecule has 0 N–H and O–H groups in total. The van der Waals surface area contributed by atoms with Gasteiger partial charge in [0.2, 0.25) is 0 Å². The van der Waals surface area contributed by atoms with E-state index in [1.54, 1.807) is 37.7 Å². The van der Waals surface area contributed by atoms with Crippen LogP contribution in [0.15, 0.2) is 0 Å². The number of thioether (sulfide) groups is 2. The Kier molecular flexibility index (Phi) is 37.9. The fourth-order valence-electron chi connectivity index (χ4n) is 5.80. The van der Waals surface area contributed by atoms with E-state index in [1.807, 2.05) is 0 Å². The van der Waals surface area contributed by atoms with E-state index in [0.29, 0.717) is 11.5 Å². The predicted octanol–water partition coefficient (Wildman–Crippen LogP) is 11.7. The summed E-state index contributed by atoms with van der Waals surface area (Å²) in [7, 11) is 3.45. The fraction of sp³-hybridized carbons (Fsp3) is 0.947. The van der Waals surface area contributed by atoms with Crippen molar-refractivity contribution in [1.82, 2.24) is 0 Å². The molecule has 0 radical (unpaired) electrons. The van der Waals surface area contributed by atoms with Crippen molar-refractivity contribution < 1.29 is 25.2 Å². The van der Waals surface area contributed by atoms with Gasteiger partial charge < -0.3 is 0 Å². The first kappa shape index (κ1) is 47.4. The van der Waals surface area contributed by atoms with E-state index >= 15 is 0 Å². The summed E-state index contributed by atoms with van der Waals surface area (Å²) in [5, 5.41) is 0. The average Bonchev–Trinajstić information content (AvgIpc) is 3.06. The second-order valence-corrected chi connectivity index (χ2v) is 24.7.